The normalized spacial score (nSPS) is 17.9. The van der Waals surface area contributed by atoms with Crippen LogP contribution in [-0.2, 0) is 6.54 Å². The molecule has 0 radical (unpaired) electrons. The number of benzene rings is 1. The highest BCUT2D eigenvalue weighted by molar-refractivity contribution is 5.87. The summed E-state index contributed by atoms with van der Waals surface area (Å²) < 4.78 is 0. The summed E-state index contributed by atoms with van der Waals surface area (Å²) in [5, 5.41) is 12.6. The fraction of sp³-hybridized carbons (Fsp3) is 0.632. The van der Waals surface area contributed by atoms with Gasteiger partial charge in [0.2, 0.25) is 0 Å². The van der Waals surface area contributed by atoms with Gasteiger partial charge in [0.1, 0.15) is 0 Å². The molecule has 0 aromatic heterocycles. The molecule has 128 valence electrons. The zero-order valence-electron chi connectivity index (χ0n) is 14.4. The summed E-state index contributed by atoms with van der Waals surface area (Å²) in [6, 6.07) is 7.74. The second kappa shape index (κ2) is 9.04. The number of carboxylic acids is 1. The molecule has 1 aliphatic rings. The van der Waals surface area contributed by atoms with E-state index in [1.807, 2.05) is 12.1 Å². The van der Waals surface area contributed by atoms with Gasteiger partial charge in [-0.15, -0.1) is 0 Å². The zero-order valence-corrected chi connectivity index (χ0v) is 14.4. The maximum Gasteiger partial charge on any atom is 0.335 e. The predicted molar refractivity (Wildman–Crippen MR) is 93.8 cm³/mol. The number of likely N-dealkylation sites (tertiary alicyclic amines) is 1. The van der Waals surface area contributed by atoms with Gasteiger partial charge in [-0.25, -0.2) is 4.79 Å². The highest BCUT2D eigenvalue weighted by Crippen LogP contribution is 2.17. The quantitative estimate of drug-likeness (QED) is 0.809. The second-order valence-electron chi connectivity index (χ2n) is 6.90. The molecule has 4 nitrogen and oxygen atoms in total. The number of carboxylic acid groups (broad SMARTS) is 1. The van der Waals surface area contributed by atoms with Crippen LogP contribution in [0.1, 0.15) is 55.5 Å². The monoisotopic (exact) mass is 318 g/mol. The highest BCUT2D eigenvalue weighted by atomic mass is 16.4. The third-order valence-corrected chi connectivity index (χ3v) is 4.74. The first-order valence-electron chi connectivity index (χ1n) is 8.85. The van der Waals surface area contributed by atoms with Gasteiger partial charge in [0.25, 0.3) is 0 Å². The summed E-state index contributed by atoms with van der Waals surface area (Å²) in [7, 11) is 0. The van der Waals surface area contributed by atoms with Crippen molar-refractivity contribution in [2.45, 2.75) is 52.1 Å². The summed E-state index contributed by atoms with van der Waals surface area (Å²) in [5.74, 6) is -0.248. The molecule has 1 atom stereocenters. The molecule has 0 saturated carbocycles. The number of carbonyl (C=O) groups is 1. The van der Waals surface area contributed by atoms with Crippen molar-refractivity contribution in [1.82, 2.24) is 10.2 Å². The van der Waals surface area contributed by atoms with E-state index >= 15 is 0 Å². The smallest absolute Gasteiger partial charge is 0.335 e. The summed E-state index contributed by atoms with van der Waals surface area (Å²) in [6.07, 6.45) is 5.33. The molecule has 0 amide bonds. The van der Waals surface area contributed by atoms with Crippen LogP contribution in [0.25, 0.3) is 0 Å². The van der Waals surface area contributed by atoms with Gasteiger partial charge in [0, 0.05) is 19.1 Å². The second-order valence-corrected chi connectivity index (χ2v) is 6.90. The maximum atomic E-state index is 11.0. The topological polar surface area (TPSA) is 52.6 Å². The van der Waals surface area contributed by atoms with Crippen LogP contribution in [0.2, 0.25) is 0 Å². The van der Waals surface area contributed by atoms with Crippen LogP contribution in [0, 0.1) is 5.92 Å². The van der Waals surface area contributed by atoms with Gasteiger partial charge in [0.15, 0.2) is 0 Å². The van der Waals surface area contributed by atoms with Gasteiger partial charge < -0.3 is 10.4 Å². The van der Waals surface area contributed by atoms with Crippen LogP contribution in [0.4, 0.5) is 0 Å². The average Bonchev–Trinajstić information content (AvgIpc) is 2.80. The molecule has 0 spiro atoms. The standard InChI is InChI=1S/C19H30N2O2/c1-15(2)18(21-10-5-3-4-6-11-21)14-20-13-16-8-7-9-17(12-16)19(22)23/h7-9,12,15,18,20H,3-6,10-11,13-14H2,1-2H3,(H,22,23). The molecular weight excluding hydrogens is 288 g/mol. The Labute approximate surface area is 139 Å². The van der Waals surface area contributed by atoms with E-state index in [0.29, 0.717) is 17.5 Å². The van der Waals surface area contributed by atoms with Crippen molar-refractivity contribution in [2.75, 3.05) is 19.6 Å². The SMILES string of the molecule is CC(C)C(CNCc1cccc(C(=O)O)c1)N1CCCCCC1. The molecule has 1 saturated heterocycles. The lowest BCUT2D eigenvalue weighted by atomic mass is 10.0. The average molecular weight is 318 g/mol. The summed E-state index contributed by atoms with van der Waals surface area (Å²) in [6.45, 7) is 8.68. The van der Waals surface area contributed by atoms with E-state index < -0.39 is 5.97 Å². The third kappa shape index (κ3) is 5.63. The van der Waals surface area contributed by atoms with Crippen molar-refractivity contribution in [2.24, 2.45) is 5.92 Å². The first-order chi connectivity index (χ1) is 11.1. The number of nitrogens with one attached hydrogen (secondary N) is 1. The lowest BCUT2D eigenvalue weighted by Gasteiger charge is -2.34. The molecule has 4 heteroatoms. The van der Waals surface area contributed by atoms with Gasteiger partial charge in [-0.1, -0.05) is 38.8 Å². The minimum Gasteiger partial charge on any atom is -0.478 e. The first kappa shape index (κ1) is 18.0. The molecule has 2 N–H and O–H groups in total. The van der Waals surface area contributed by atoms with E-state index in [1.54, 1.807) is 12.1 Å². The van der Waals surface area contributed by atoms with E-state index in [2.05, 4.69) is 24.1 Å². The van der Waals surface area contributed by atoms with Crippen molar-refractivity contribution < 1.29 is 9.90 Å². The van der Waals surface area contributed by atoms with E-state index in [9.17, 15) is 4.79 Å². The minimum absolute atomic E-state index is 0.359. The van der Waals surface area contributed by atoms with Crippen LogP contribution >= 0.6 is 0 Å². The molecule has 2 rings (SSSR count). The third-order valence-electron chi connectivity index (χ3n) is 4.74. The molecule has 1 aromatic carbocycles. The van der Waals surface area contributed by atoms with Gasteiger partial charge in [-0.3, -0.25) is 4.90 Å². The van der Waals surface area contributed by atoms with Crippen molar-refractivity contribution >= 4 is 5.97 Å². The van der Waals surface area contributed by atoms with E-state index in [0.717, 1.165) is 18.7 Å². The Kier molecular flexibility index (Phi) is 7.06. The minimum atomic E-state index is -0.864. The van der Waals surface area contributed by atoms with E-state index in [1.165, 1.54) is 38.8 Å². The largest absolute Gasteiger partial charge is 0.478 e. The van der Waals surface area contributed by atoms with Crippen molar-refractivity contribution in [3.8, 4) is 0 Å². The molecule has 0 aliphatic carbocycles. The lowest BCUT2D eigenvalue weighted by Crippen LogP contribution is -2.46. The highest BCUT2D eigenvalue weighted by Gasteiger charge is 2.22. The molecule has 0 bridgehead atoms. The molecule has 23 heavy (non-hydrogen) atoms. The van der Waals surface area contributed by atoms with Gasteiger partial charge in [0.05, 0.1) is 5.56 Å². The van der Waals surface area contributed by atoms with E-state index in [4.69, 9.17) is 5.11 Å². The Hall–Kier alpha value is -1.39. The maximum absolute atomic E-state index is 11.0. The number of rotatable bonds is 7. The lowest BCUT2D eigenvalue weighted by molar-refractivity contribution is 0.0696. The molecule has 1 aromatic rings. The molecule has 1 aliphatic heterocycles. The predicted octanol–water partition coefficient (Wildman–Crippen LogP) is 3.38. The van der Waals surface area contributed by atoms with Crippen LogP contribution in [0.3, 0.4) is 0 Å². The van der Waals surface area contributed by atoms with Gasteiger partial charge in [-0.05, 0) is 49.5 Å². The number of nitrogens with zero attached hydrogens (tertiary/aromatic N) is 1. The van der Waals surface area contributed by atoms with Crippen LogP contribution < -0.4 is 5.32 Å². The Bertz CT molecular complexity index is 494. The summed E-state index contributed by atoms with van der Waals surface area (Å²) >= 11 is 0. The first-order valence-corrected chi connectivity index (χ1v) is 8.85. The summed E-state index contributed by atoms with van der Waals surface area (Å²) in [4.78, 5) is 13.7. The molecular formula is C19H30N2O2. The Balaban J connectivity index is 1.88. The molecule has 1 fully saturated rings. The zero-order chi connectivity index (χ0) is 16.7. The van der Waals surface area contributed by atoms with Crippen molar-refractivity contribution in [3.05, 3.63) is 35.4 Å². The van der Waals surface area contributed by atoms with Crippen LogP contribution in [0.15, 0.2) is 24.3 Å². The molecule has 1 unspecified atom stereocenters. The number of hydrogen-bond acceptors (Lipinski definition) is 3. The summed E-state index contributed by atoms with van der Waals surface area (Å²) in [5.41, 5.74) is 1.39. The fourth-order valence-electron chi connectivity index (χ4n) is 3.39. The fourth-order valence-corrected chi connectivity index (χ4v) is 3.39. The number of hydrogen-bond donors (Lipinski definition) is 2. The van der Waals surface area contributed by atoms with Gasteiger partial charge >= 0.3 is 5.97 Å². The Morgan fingerprint density at radius 3 is 2.52 bits per heavy atom. The number of aromatic carboxylic acids is 1. The Morgan fingerprint density at radius 2 is 1.91 bits per heavy atom. The van der Waals surface area contributed by atoms with Crippen LogP contribution in [-0.4, -0.2) is 41.7 Å². The van der Waals surface area contributed by atoms with Gasteiger partial charge in [-0.2, -0.15) is 0 Å². The van der Waals surface area contributed by atoms with Crippen LogP contribution in [0.5, 0.6) is 0 Å². The van der Waals surface area contributed by atoms with Crippen molar-refractivity contribution in [3.63, 3.8) is 0 Å². The molecule has 1 heterocycles. The van der Waals surface area contributed by atoms with Crippen molar-refractivity contribution in [1.29, 1.82) is 0 Å². The van der Waals surface area contributed by atoms with E-state index in [-0.39, 0.29) is 0 Å². The Morgan fingerprint density at radius 1 is 1.22 bits per heavy atom.